The maximum Gasteiger partial charge on any atom is 0.311 e. The first kappa shape index (κ1) is 15.3. The molecule has 1 amide bonds. The van der Waals surface area contributed by atoms with Gasteiger partial charge in [-0.1, -0.05) is 39.5 Å². The molecular formula is C16H27NO3. The second-order valence-corrected chi connectivity index (χ2v) is 6.93. The fourth-order valence-corrected chi connectivity index (χ4v) is 3.94. The van der Waals surface area contributed by atoms with Crippen molar-refractivity contribution in [3.8, 4) is 0 Å². The van der Waals surface area contributed by atoms with Gasteiger partial charge in [0.25, 0.3) is 0 Å². The molecule has 1 N–H and O–H groups in total. The highest BCUT2D eigenvalue weighted by Gasteiger charge is 2.48. The van der Waals surface area contributed by atoms with Crippen LogP contribution in [0.1, 0.15) is 65.2 Å². The van der Waals surface area contributed by atoms with Crippen LogP contribution in [0.15, 0.2) is 0 Å². The molecule has 114 valence electrons. The number of amides is 1. The van der Waals surface area contributed by atoms with Crippen LogP contribution in [0.25, 0.3) is 0 Å². The van der Waals surface area contributed by atoms with Crippen LogP contribution < -0.4 is 0 Å². The molecule has 2 rings (SSSR count). The van der Waals surface area contributed by atoms with Crippen LogP contribution >= 0.6 is 0 Å². The van der Waals surface area contributed by atoms with E-state index in [-0.39, 0.29) is 11.3 Å². The average Bonchev–Trinajstić information content (AvgIpc) is 2.85. The molecule has 1 saturated heterocycles. The molecule has 1 heterocycles. The molecule has 4 heteroatoms. The van der Waals surface area contributed by atoms with E-state index in [2.05, 4.69) is 6.92 Å². The zero-order valence-corrected chi connectivity index (χ0v) is 12.8. The summed E-state index contributed by atoms with van der Waals surface area (Å²) in [6.45, 7) is 5.10. The molecule has 0 spiro atoms. The highest BCUT2D eigenvalue weighted by molar-refractivity contribution is 5.84. The molecule has 1 aliphatic heterocycles. The van der Waals surface area contributed by atoms with Crippen molar-refractivity contribution in [2.45, 2.75) is 65.2 Å². The van der Waals surface area contributed by atoms with Crippen molar-refractivity contribution < 1.29 is 14.7 Å². The largest absolute Gasteiger partial charge is 0.481 e. The lowest BCUT2D eigenvalue weighted by molar-refractivity contribution is -0.150. The summed E-state index contributed by atoms with van der Waals surface area (Å²) in [7, 11) is 0. The first-order chi connectivity index (χ1) is 9.43. The quantitative estimate of drug-likeness (QED) is 0.861. The summed E-state index contributed by atoms with van der Waals surface area (Å²) in [6, 6.07) is 0. The van der Waals surface area contributed by atoms with E-state index in [1.807, 2.05) is 11.8 Å². The molecule has 1 atom stereocenters. The molecule has 0 radical (unpaired) electrons. The van der Waals surface area contributed by atoms with Crippen LogP contribution in [0.5, 0.6) is 0 Å². The summed E-state index contributed by atoms with van der Waals surface area (Å²) in [4.78, 5) is 26.2. The van der Waals surface area contributed by atoms with Gasteiger partial charge in [-0.15, -0.1) is 0 Å². The molecule has 0 aromatic rings. The second kappa shape index (κ2) is 5.74. The Kier molecular flexibility index (Phi) is 4.40. The number of hydrogen-bond donors (Lipinski definition) is 1. The molecule has 1 unspecified atom stereocenters. The standard InChI is InChI=1S/C16H27NO3/c1-3-7-16(14(19)20)10-11-17(12-16)13(18)15(2)8-5-4-6-9-15/h3-12H2,1-2H3,(H,19,20). The summed E-state index contributed by atoms with van der Waals surface area (Å²) in [6.07, 6.45) is 7.50. The smallest absolute Gasteiger partial charge is 0.311 e. The van der Waals surface area contributed by atoms with Crippen LogP contribution in [0.4, 0.5) is 0 Å². The molecule has 0 bridgehead atoms. The number of carbonyl (C=O) groups excluding carboxylic acids is 1. The SMILES string of the molecule is CCCC1(C(=O)O)CCN(C(=O)C2(C)CCCCC2)C1. The van der Waals surface area contributed by atoms with Gasteiger partial charge in [-0.25, -0.2) is 0 Å². The third-order valence-corrected chi connectivity index (χ3v) is 5.30. The van der Waals surface area contributed by atoms with E-state index in [0.717, 1.165) is 32.1 Å². The minimum atomic E-state index is -0.733. The molecule has 4 nitrogen and oxygen atoms in total. The molecule has 2 fully saturated rings. The Bertz CT molecular complexity index is 387. The number of carbonyl (C=O) groups is 2. The first-order valence-corrected chi connectivity index (χ1v) is 7.96. The highest BCUT2D eigenvalue weighted by Crippen LogP contribution is 2.41. The second-order valence-electron chi connectivity index (χ2n) is 6.93. The molecule has 20 heavy (non-hydrogen) atoms. The van der Waals surface area contributed by atoms with Gasteiger partial charge < -0.3 is 10.0 Å². The van der Waals surface area contributed by atoms with Crippen LogP contribution in [0.2, 0.25) is 0 Å². The summed E-state index contributed by atoms with van der Waals surface area (Å²) in [5.41, 5.74) is -0.950. The van der Waals surface area contributed by atoms with Crippen molar-refractivity contribution in [1.29, 1.82) is 0 Å². The van der Waals surface area contributed by atoms with Gasteiger partial charge in [0, 0.05) is 18.5 Å². The summed E-state index contributed by atoms with van der Waals surface area (Å²) in [5, 5.41) is 9.53. The van der Waals surface area contributed by atoms with Gasteiger partial charge in [0.05, 0.1) is 5.41 Å². The summed E-state index contributed by atoms with van der Waals surface area (Å²) >= 11 is 0. The van der Waals surface area contributed by atoms with Gasteiger partial charge >= 0.3 is 5.97 Å². The normalized spacial score (nSPS) is 29.4. The molecule has 0 aromatic carbocycles. The minimum Gasteiger partial charge on any atom is -0.481 e. The van der Waals surface area contributed by atoms with Crippen LogP contribution in [-0.2, 0) is 9.59 Å². The van der Waals surface area contributed by atoms with E-state index in [1.54, 1.807) is 0 Å². The van der Waals surface area contributed by atoms with Crippen molar-refractivity contribution in [3.05, 3.63) is 0 Å². The van der Waals surface area contributed by atoms with Gasteiger partial charge in [-0.3, -0.25) is 9.59 Å². The van der Waals surface area contributed by atoms with Crippen molar-refractivity contribution in [3.63, 3.8) is 0 Å². The molecule has 1 aliphatic carbocycles. The Morgan fingerprint density at radius 1 is 1.15 bits per heavy atom. The Morgan fingerprint density at radius 3 is 2.35 bits per heavy atom. The zero-order valence-electron chi connectivity index (χ0n) is 12.8. The highest BCUT2D eigenvalue weighted by atomic mass is 16.4. The van der Waals surface area contributed by atoms with Crippen molar-refractivity contribution in [1.82, 2.24) is 4.90 Å². The number of nitrogens with zero attached hydrogens (tertiary/aromatic N) is 1. The third kappa shape index (κ3) is 2.70. The zero-order chi connectivity index (χ0) is 14.8. The minimum absolute atomic E-state index is 0.191. The first-order valence-electron chi connectivity index (χ1n) is 7.96. The van der Waals surface area contributed by atoms with Gasteiger partial charge in [-0.05, 0) is 25.7 Å². The lowest BCUT2D eigenvalue weighted by Gasteiger charge is -2.36. The Morgan fingerprint density at radius 2 is 1.80 bits per heavy atom. The van der Waals surface area contributed by atoms with Crippen molar-refractivity contribution in [2.24, 2.45) is 10.8 Å². The number of likely N-dealkylation sites (tertiary alicyclic amines) is 1. The van der Waals surface area contributed by atoms with E-state index in [0.29, 0.717) is 25.9 Å². The van der Waals surface area contributed by atoms with Gasteiger partial charge in [0.2, 0.25) is 5.91 Å². The lowest BCUT2D eigenvalue weighted by atomic mass is 9.74. The van der Waals surface area contributed by atoms with E-state index >= 15 is 0 Å². The number of carboxylic acids is 1. The molecule has 2 aliphatic rings. The predicted molar refractivity (Wildman–Crippen MR) is 77.4 cm³/mol. The maximum absolute atomic E-state index is 12.8. The van der Waals surface area contributed by atoms with Crippen LogP contribution in [-0.4, -0.2) is 35.0 Å². The monoisotopic (exact) mass is 281 g/mol. The van der Waals surface area contributed by atoms with Crippen LogP contribution in [0.3, 0.4) is 0 Å². The van der Waals surface area contributed by atoms with Gasteiger partial charge in [0.1, 0.15) is 0 Å². The maximum atomic E-state index is 12.8. The Labute approximate surface area is 121 Å². The topological polar surface area (TPSA) is 57.6 Å². The number of aliphatic carboxylic acids is 1. The summed E-state index contributed by atoms with van der Waals surface area (Å²) in [5.74, 6) is -0.542. The number of hydrogen-bond acceptors (Lipinski definition) is 2. The summed E-state index contributed by atoms with van der Waals surface area (Å²) < 4.78 is 0. The lowest BCUT2D eigenvalue weighted by Crippen LogP contribution is -2.44. The predicted octanol–water partition coefficient (Wildman–Crippen LogP) is 3.06. The van der Waals surface area contributed by atoms with Crippen LogP contribution in [0, 0.1) is 10.8 Å². The van der Waals surface area contributed by atoms with Crippen molar-refractivity contribution >= 4 is 11.9 Å². The molecular weight excluding hydrogens is 254 g/mol. The van der Waals surface area contributed by atoms with Gasteiger partial charge in [-0.2, -0.15) is 0 Å². The number of carboxylic acid groups (broad SMARTS) is 1. The Balaban J connectivity index is 2.08. The van der Waals surface area contributed by atoms with E-state index in [1.165, 1.54) is 6.42 Å². The van der Waals surface area contributed by atoms with Crippen molar-refractivity contribution in [2.75, 3.05) is 13.1 Å². The number of rotatable bonds is 4. The fraction of sp³-hybridized carbons (Fsp3) is 0.875. The average molecular weight is 281 g/mol. The van der Waals surface area contributed by atoms with E-state index in [9.17, 15) is 14.7 Å². The Hall–Kier alpha value is -1.06. The van der Waals surface area contributed by atoms with E-state index in [4.69, 9.17) is 0 Å². The van der Waals surface area contributed by atoms with Gasteiger partial charge in [0.15, 0.2) is 0 Å². The third-order valence-electron chi connectivity index (χ3n) is 5.30. The fourth-order valence-electron chi connectivity index (χ4n) is 3.94. The van der Waals surface area contributed by atoms with E-state index < -0.39 is 11.4 Å². The molecule has 1 saturated carbocycles. The molecule has 0 aromatic heterocycles.